The molecule has 0 aromatic heterocycles. The van der Waals surface area contributed by atoms with Crippen molar-refractivity contribution in [2.45, 2.75) is 12.8 Å². The summed E-state index contributed by atoms with van der Waals surface area (Å²) in [5.41, 5.74) is 10.0. The van der Waals surface area contributed by atoms with Crippen LogP contribution in [0.3, 0.4) is 0 Å². The van der Waals surface area contributed by atoms with Crippen LogP contribution in [-0.4, -0.2) is 19.1 Å². The second-order valence-corrected chi connectivity index (χ2v) is 3.67. The normalized spacial score (nSPS) is 13.3. The van der Waals surface area contributed by atoms with E-state index in [4.69, 9.17) is 10.3 Å². The molecule has 1 aromatic carbocycles. The Morgan fingerprint density at radius 1 is 1.47 bits per heavy atom. The van der Waals surface area contributed by atoms with Crippen LogP contribution in [-0.2, 0) is 11.2 Å². The molecule has 0 saturated heterocycles. The van der Waals surface area contributed by atoms with Gasteiger partial charge in [-0.1, -0.05) is 5.11 Å². The number of anilines is 1. The Balaban J connectivity index is 2.01. The number of fused-ring (bicyclic) bond motifs is 1. The summed E-state index contributed by atoms with van der Waals surface area (Å²) in [5, 5.41) is 6.19. The zero-order valence-corrected chi connectivity index (χ0v) is 9.22. The van der Waals surface area contributed by atoms with Crippen molar-refractivity contribution in [2.24, 2.45) is 5.11 Å². The van der Waals surface area contributed by atoms with Gasteiger partial charge in [0.25, 0.3) is 0 Å². The SMILES string of the molecule is [N-]=[N+]=NCCOc1ccc2c(c1)CCC(=O)N2. The van der Waals surface area contributed by atoms with Crippen molar-refractivity contribution in [1.29, 1.82) is 0 Å². The topological polar surface area (TPSA) is 87.1 Å². The summed E-state index contributed by atoms with van der Waals surface area (Å²) in [4.78, 5) is 13.8. The molecule has 88 valence electrons. The summed E-state index contributed by atoms with van der Waals surface area (Å²) in [6.45, 7) is 0.666. The molecule has 1 aromatic rings. The van der Waals surface area contributed by atoms with Gasteiger partial charge in [0.15, 0.2) is 0 Å². The summed E-state index contributed by atoms with van der Waals surface area (Å²) in [7, 11) is 0. The van der Waals surface area contributed by atoms with Gasteiger partial charge in [-0.15, -0.1) is 0 Å². The van der Waals surface area contributed by atoms with Crippen LogP contribution in [0.1, 0.15) is 12.0 Å². The lowest BCUT2D eigenvalue weighted by Gasteiger charge is -2.17. The molecule has 0 spiro atoms. The highest BCUT2D eigenvalue weighted by Gasteiger charge is 2.14. The van der Waals surface area contributed by atoms with E-state index in [0.29, 0.717) is 19.6 Å². The predicted octanol–water partition coefficient (Wildman–Crippen LogP) is 2.26. The Morgan fingerprint density at radius 2 is 2.35 bits per heavy atom. The number of carbonyl (C=O) groups is 1. The molecule has 0 atom stereocenters. The molecule has 0 bridgehead atoms. The van der Waals surface area contributed by atoms with E-state index >= 15 is 0 Å². The average Bonchev–Trinajstić information content (AvgIpc) is 2.35. The van der Waals surface area contributed by atoms with Crippen molar-refractivity contribution in [3.8, 4) is 5.75 Å². The van der Waals surface area contributed by atoms with Crippen LogP contribution in [0.2, 0.25) is 0 Å². The van der Waals surface area contributed by atoms with E-state index in [2.05, 4.69) is 15.3 Å². The maximum Gasteiger partial charge on any atom is 0.224 e. The van der Waals surface area contributed by atoms with Gasteiger partial charge in [0.05, 0.1) is 13.2 Å². The molecule has 0 aliphatic carbocycles. The van der Waals surface area contributed by atoms with Gasteiger partial charge >= 0.3 is 0 Å². The number of hydrogen-bond donors (Lipinski definition) is 1. The summed E-state index contributed by atoms with van der Waals surface area (Å²) < 4.78 is 5.42. The molecule has 0 radical (unpaired) electrons. The van der Waals surface area contributed by atoms with Gasteiger partial charge in [-0.3, -0.25) is 4.79 Å². The minimum atomic E-state index is 0.0505. The second-order valence-electron chi connectivity index (χ2n) is 3.67. The largest absolute Gasteiger partial charge is 0.493 e. The fourth-order valence-corrected chi connectivity index (χ4v) is 1.70. The monoisotopic (exact) mass is 232 g/mol. The molecule has 2 rings (SSSR count). The van der Waals surface area contributed by atoms with Gasteiger partial charge in [-0.05, 0) is 35.7 Å². The molecule has 1 N–H and O–H groups in total. The number of azide groups is 1. The number of nitrogens with zero attached hydrogens (tertiary/aromatic N) is 3. The quantitative estimate of drug-likeness (QED) is 0.373. The number of carbonyl (C=O) groups excluding carboxylic acids is 1. The molecule has 0 saturated carbocycles. The van der Waals surface area contributed by atoms with Gasteiger partial charge in [-0.25, -0.2) is 0 Å². The molecule has 0 unspecified atom stereocenters. The van der Waals surface area contributed by atoms with Gasteiger partial charge in [0.1, 0.15) is 5.75 Å². The molecule has 1 heterocycles. The first-order chi connectivity index (χ1) is 8.29. The Bertz CT molecular complexity index is 480. The number of hydrogen-bond acceptors (Lipinski definition) is 3. The molecular formula is C11H12N4O2. The van der Waals surface area contributed by atoms with Crippen LogP contribution in [0.5, 0.6) is 5.75 Å². The lowest BCUT2D eigenvalue weighted by atomic mass is 10.0. The molecule has 6 nitrogen and oxygen atoms in total. The molecule has 6 heteroatoms. The first-order valence-electron chi connectivity index (χ1n) is 5.36. The fraction of sp³-hybridized carbons (Fsp3) is 0.364. The van der Waals surface area contributed by atoms with Crippen molar-refractivity contribution in [2.75, 3.05) is 18.5 Å². The number of nitrogens with one attached hydrogen (secondary N) is 1. The van der Waals surface area contributed by atoms with Crippen molar-refractivity contribution < 1.29 is 9.53 Å². The van der Waals surface area contributed by atoms with E-state index in [-0.39, 0.29) is 5.91 Å². The first kappa shape index (κ1) is 11.3. The van der Waals surface area contributed by atoms with E-state index in [1.54, 1.807) is 6.07 Å². The van der Waals surface area contributed by atoms with E-state index in [1.165, 1.54) is 0 Å². The summed E-state index contributed by atoms with van der Waals surface area (Å²) >= 11 is 0. The summed E-state index contributed by atoms with van der Waals surface area (Å²) in [6.07, 6.45) is 1.24. The van der Waals surface area contributed by atoms with Crippen LogP contribution in [0.4, 0.5) is 5.69 Å². The van der Waals surface area contributed by atoms with Gasteiger partial charge in [-0.2, -0.15) is 0 Å². The highest BCUT2D eigenvalue weighted by atomic mass is 16.5. The van der Waals surface area contributed by atoms with Crippen molar-refractivity contribution in [1.82, 2.24) is 0 Å². The maximum absolute atomic E-state index is 11.2. The van der Waals surface area contributed by atoms with Crippen LogP contribution >= 0.6 is 0 Å². The van der Waals surface area contributed by atoms with Gasteiger partial charge in [0.2, 0.25) is 5.91 Å². The third kappa shape index (κ3) is 2.89. The third-order valence-electron chi connectivity index (χ3n) is 2.50. The average molecular weight is 232 g/mol. The third-order valence-corrected chi connectivity index (χ3v) is 2.50. The van der Waals surface area contributed by atoms with E-state index < -0.39 is 0 Å². The molecule has 0 fully saturated rings. The Hall–Kier alpha value is -2.20. The van der Waals surface area contributed by atoms with E-state index in [0.717, 1.165) is 23.4 Å². The van der Waals surface area contributed by atoms with Crippen LogP contribution in [0.15, 0.2) is 23.3 Å². The van der Waals surface area contributed by atoms with Crippen LogP contribution < -0.4 is 10.1 Å². The zero-order chi connectivity index (χ0) is 12.1. The highest BCUT2D eigenvalue weighted by molar-refractivity contribution is 5.93. The van der Waals surface area contributed by atoms with Crippen molar-refractivity contribution >= 4 is 11.6 Å². The predicted molar refractivity (Wildman–Crippen MR) is 62.9 cm³/mol. The Labute approximate surface area is 98.2 Å². The Kier molecular flexibility index (Phi) is 3.47. The lowest BCUT2D eigenvalue weighted by molar-refractivity contribution is -0.116. The molecule has 1 aliphatic heterocycles. The number of rotatable bonds is 4. The number of aryl methyl sites for hydroxylation is 1. The Morgan fingerprint density at radius 3 is 3.18 bits per heavy atom. The molecule has 17 heavy (non-hydrogen) atoms. The minimum Gasteiger partial charge on any atom is -0.493 e. The number of ether oxygens (including phenoxy) is 1. The maximum atomic E-state index is 11.2. The first-order valence-corrected chi connectivity index (χ1v) is 5.36. The standard InChI is InChI=1S/C11H12N4O2/c12-15-13-5-6-17-9-2-3-10-8(7-9)1-4-11(16)14-10/h2-3,7H,1,4-6H2,(H,14,16). The molecule has 1 amide bonds. The number of amides is 1. The highest BCUT2D eigenvalue weighted by Crippen LogP contribution is 2.26. The lowest BCUT2D eigenvalue weighted by Crippen LogP contribution is -2.18. The van der Waals surface area contributed by atoms with Gasteiger partial charge < -0.3 is 10.1 Å². The zero-order valence-electron chi connectivity index (χ0n) is 9.22. The van der Waals surface area contributed by atoms with Crippen LogP contribution in [0.25, 0.3) is 10.4 Å². The smallest absolute Gasteiger partial charge is 0.224 e. The minimum absolute atomic E-state index is 0.0505. The van der Waals surface area contributed by atoms with Crippen molar-refractivity contribution in [3.63, 3.8) is 0 Å². The second kappa shape index (κ2) is 5.23. The van der Waals surface area contributed by atoms with E-state index in [1.807, 2.05) is 12.1 Å². The number of benzene rings is 1. The summed E-state index contributed by atoms with van der Waals surface area (Å²) in [6, 6.07) is 5.53. The van der Waals surface area contributed by atoms with Gasteiger partial charge in [0, 0.05) is 17.0 Å². The summed E-state index contributed by atoms with van der Waals surface area (Å²) in [5.74, 6) is 0.780. The van der Waals surface area contributed by atoms with Crippen LogP contribution in [0, 0.1) is 0 Å². The van der Waals surface area contributed by atoms with E-state index in [9.17, 15) is 4.79 Å². The van der Waals surface area contributed by atoms with Crippen molar-refractivity contribution in [3.05, 3.63) is 34.2 Å². The fourth-order valence-electron chi connectivity index (χ4n) is 1.70. The molecular weight excluding hydrogens is 220 g/mol. The molecule has 1 aliphatic rings.